The molecule has 2 unspecified atom stereocenters. The molecule has 2 atom stereocenters. The van der Waals surface area contributed by atoms with Crippen LogP contribution in [0.5, 0.6) is 11.5 Å². The van der Waals surface area contributed by atoms with Crippen molar-refractivity contribution in [3.8, 4) is 11.5 Å². The molecule has 6 heteroatoms. The van der Waals surface area contributed by atoms with Gasteiger partial charge in [0, 0.05) is 12.3 Å². The van der Waals surface area contributed by atoms with E-state index in [0.29, 0.717) is 17.2 Å². The summed E-state index contributed by atoms with van der Waals surface area (Å²) in [4.78, 5) is 14.1. The van der Waals surface area contributed by atoms with Crippen LogP contribution in [0.3, 0.4) is 0 Å². The monoisotopic (exact) mass is 343 g/mol. The Bertz CT molecular complexity index is 879. The van der Waals surface area contributed by atoms with Gasteiger partial charge in [-0.3, -0.25) is 4.79 Å². The molecule has 24 heavy (non-hydrogen) atoms. The van der Waals surface area contributed by atoms with E-state index in [9.17, 15) is 13.2 Å². The van der Waals surface area contributed by atoms with E-state index in [0.717, 1.165) is 0 Å². The first-order valence-electron chi connectivity index (χ1n) is 7.88. The highest BCUT2D eigenvalue weighted by atomic mass is 32.2. The lowest BCUT2D eigenvalue weighted by molar-refractivity contribution is -0.117. The van der Waals surface area contributed by atoms with E-state index >= 15 is 0 Å². The minimum Gasteiger partial charge on any atom is -0.455 e. The Hall–Kier alpha value is -2.34. The predicted octanol–water partition coefficient (Wildman–Crippen LogP) is 2.63. The average Bonchev–Trinajstić information content (AvgIpc) is 2.99. The molecular weight excluding hydrogens is 326 g/mol. The standard InChI is InChI=1S/C18H17NO4S/c20-18-10-13-11-24(21,22)12-16(13)19(18)15-8-4-5-9-17(15)23-14-6-2-1-3-7-14/h1-9,13,16H,10-12H2. The second-order valence-electron chi connectivity index (χ2n) is 6.26. The highest BCUT2D eigenvalue weighted by Crippen LogP contribution is 2.41. The lowest BCUT2D eigenvalue weighted by atomic mass is 10.0. The number of benzene rings is 2. The maximum Gasteiger partial charge on any atom is 0.227 e. The molecule has 2 aliphatic heterocycles. The summed E-state index contributed by atoms with van der Waals surface area (Å²) in [6.45, 7) is 0. The Labute approximate surface area is 140 Å². The lowest BCUT2D eigenvalue weighted by Gasteiger charge is -2.25. The van der Waals surface area contributed by atoms with Gasteiger partial charge in [0.05, 0.1) is 23.2 Å². The maximum absolute atomic E-state index is 12.5. The zero-order valence-corrected chi connectivity index (χ0v) is 13.8. The van der Waals surface area contributed by atoms with Crippen LogP contribution >= 0.6 is 0 Å². The summed E-state index contributed by atoms with van der Waals surface area (Å²) in [7, 11) is -3.08. The van der Waals surface area contributed by atoms with Crippen LogP contribution in [0.4, 0.5) is 5.69 Å². The average molecular weight is 343 g/mol. The van der Waals surface area contributed by atoms with Crippen LogP contribution in [0.15, 0.2) is 54.6 Å². The van der Waals surface area contributed by atoms with Gasteiger partial charge in [-0.25, -0.2) is 8.42 Å². The van der Waals surface area contributed by atoms with Crippen molar-refractivity contribution >= 4 is 21.4 Å². The fraction of sp³-hybridized carbons (Fsp3) is 0.278. The molecular formula is C18H17NO4S. The molecule has 0 radical (unpaired) electrons. The number of rotatable bonds is 3. The van der Waals surface area contributed by atoms with E-state index in [2.05, 4.69) is 0 Å². The minimum absolute atomic E-state index is 0.0308. The van der Waals surface area contributed by atoms with Crippen LogP contribution < -0.4 is 9.64 Å². The van der Waals surface area contributed by atoms with Crippen LogP contribution in [0.25, 0.3) is 0 Å². The first kappa shape index (κ1) is 15.2. The summed E-state index contributed by atoms with van der Waals surface area (Å²) >= 11 is 0. The molecule has 0 bridgehead atoms. The third-order valence-electron chi connectivity index (χ3n) is 4.57. The Morgan fingerprint density at radius 1 is 0.958 bits per heavy atom. The van der Waals surface area contributed by atoms with Crippen molar-refractivity contribution < 1.29 is 17.9 Å². The first-order valence-corrected chi connectivity index (χ1v) is 9.70. The molecule has 2 aromatic carbocycles. The molecule has 0 saturated carbocycles. The van der Waals surface area contributed by atoms with Crippen molar-refractivity contribution in [3.63, 3.8) is 0 Å². The molecule has 2 aliphatic rings. The van der Waals surface area contributed by atoms with Gasteiger partial charge in [0.2, 0.25) is 5.91 Å². The van der Waals surface area contributed by atoms with Crippen LogP contribution in [0.1, 0.15) is 6.42 Å². The van der Waals surface area contributed by atoms with E-state index in [4.69, 9.17) is 4.74 Å². The van der Waals surface area contributed by atoms with Crippen molar-refractivity contribution in [1.82, 2.24) is 0 Å². The van der Waals surface area contributed by atoms with Gasteiger partial charge in [0.15, 0.2) is 15.6 Å². The highest BCUT2D eigenvalue weighted by molar-refractivity contribution is 7.91. The van der Waals surface area contributed by atoms with E-state index < -0.39 is 9.84 Å². The molecule has 2 aromatic rings. The summed E-state index contributed by atoms with van der Waals surface area (Å²) < 4.78 is 29.8. The second kappa shape index (κ2) is 5.63. The topological polar surface area (TPSA) is 63.7 Å². The van der Waals surface area contributed by atoms with Crippen molar-refractivity contribution in [2.45, 2.75) is 12.5 Å². The molecule has 0 aliphatic carbocycles. The SMILES string of the molecule is O=C1CC2CS(=O)(=O)CC2N1c1ccccc1Oc1ccccc1. The quantitative estimate of drug-likeness (QED) is 0.859. The zero-order valence-electron chi connectivity index (χ0n) is 13.0. The van der Waals surface area contributed by atoms with E-state index in [1.54, 1.807) is 11.0 Å². The number of carbonyl (C=O) groups excluding carboxylic acids is 1. The van der Waals surface area contributed by atoms with Gasteiger partial charge in [0.1, 0.15) is 5.75 Å². The Kier molecular flexibility index (Phi) is 3.57. The molecule has 2 fully saturated rings. The number of sulfone groups is 1. The highest BCUT2D eigenvalue weighted by Gasteiger charge is 2.49. The number of carbonyl (C=O) groups is 1. The minimum atomic E-state index is -3.08. The first-order chi connectivity index (χ1) is 11.5. The molecule has 0 spiro atoms. The number of fused-ring (bicyclic) bond motifs is 1. The summed E-state index contributed by atoms with van der Waals surface area (Å²) in [6, 6.07) is 16.3. The Morgan fingerprint density at radius 3 is 2.46 bits per heavy atom. The van der Waals surface area contributed by atoms with Crippen LogP contribution in [0.2, 0.25) is 0 Å². The Balaban J connectivity index is 1.70. The van der Waals surface area contributed by atoms with Crippen LogP contribution in [-0.4, -0.2) is 31.9 Å². The molecule has 124 valence electrons. The van der Waals surface area contributed by atoms with Gasteiger partial charge in [-0.05, 0) is 24.3 Å². The van der Waals surface area contributed by atoms with Crippen molar-refractivity contribution in [2.24, 2.45) is 5.92 Å². The van der Waals surface area contributed by atoms with E-state index in [1.807, 2.05) is 48.5 Å². The summed E-state index contributed by atoms with van der Waals surface area (Å²) in [5, 5.41) is 0. The summed E-state index contributed by atoms with van der Waals surface area (Å²) in [5.41, 5.74) is 0.635. The molecule has 5 nitrogen and oxygen atoms in total. The normalized spacial score (nSPS) is 24.8. The molecule has 0 N–H and O–H groups in total. The number of anilines is 1. The van der Waals surface area contributed by atoms with Gasteiger partial charge in [-0.1, -0.05) is 30.3 Å². The van der Waals surface area contributed by atoms with Crippen molar-refractivity contribution in [3.05, 3.63) is 54.6 Å². The number of amides is 1. The second-order valence-corrected chi connectivity index (χ2v) is 8.41. The summed E-state index contributed by atoms with van der Waals surface area (Å²) in [5.74, 6) is 1.20. The van der Waals surface area contributed by atoms with Crippen molar-refractivity contribution in [1.29, 1.82) is 0 Å². The largest absolute Gasteiger partial charge is 0.455 e. The number of ether oxygens (including phenoxy) is 1. The third-order valence-corrected chi connectivity index (χ3v) is 6.36. The smallest absolute Gasteiger partial charge is 0.227 e. The zero-order chi connectivity index (χ0) is 16.7. The van der Waals surface area contributed by atoms with E-state index in [-0.39, 0.29) is 35.8 Å². The van der Waals surface area contributed by atoms with Gasteiger partial charge < -0.3 is 9.64 Å². The van der Waals surface area contributed by atoms with Crippen LogP contribution in [-0.2, 0) is 14.6 Å². The molecule has 4 rings (SSSR count). The predicted molar refractivity (Wildman–Crippen MR) is 91.0 cm³/mol. The van der Waals surface area contributed by atoms with Gasteiger partial charge >= 0.3 is 0 Å². The lowest BCUT2D eigenvalue weighted by Crippen LogP contribution is -2.36. The number of hydrogen-bond acceptors (Lipinski definition) is 4. The third kappa shape index (κ3) is 2.67. The molecule has 2 saturated heterocycles. The molecule has 2 heterocycles. The van der Waals surface area contributed by atoms with Crippen LogP contribution in [0, 0.1) is 5.92 Å². The fourth-order valence-corrected chi connectivity index (χ4v) is 5.63. The fourth-order valence-electron chi connectivity index (χ4n) is 3.56. The number of hydrogen-bond donors (Lipinski definition) is 0. The van der Waals surface area contributed by atoms with Gasteiger partial charge in [-0.15, -0.1) is 0 Å². The van der Waals surface area contributed by atoms with Gasteiger partial charge in [-0.2, -0.15) is 0 Å². The molecule has 1 amide bonds. The molecule has 0 aromatic heterocycles. The number of para-hydroxylation sites is 3. The summed E-state index contributed by atoms with van der Waals surface area (Å²) in [6.07, 6.45) is 0.281. The maximum atomic E-state index is 12.5. The Morgan fingerprint density at radius 2 is 1.67 bits per heavy atom. The number of nitrogens with zero attached hydrogens (tertiary/aromatic N) is 1. The van der Waals surface area contributed by atoms with Crippen molar-refractivity contribution in [2.75, 3.05) is 16.4 Å². The van der Waals surface area contributed by atoms with Gasteiger partial charge in [0.25, 0.3) is 0 Å². The van der Waals surface area contributed by atoms with E-state index in [1.165, 1.54) is 0 Å².